The minimum absolute atomic E-state index is 0.455. The fourth-order valence-corrected chi connectivity index (χ4v) is 10.6. The van der Waals surface area contributed by atoms with Crippen LogP contribution in [0.1, 0.15) is 22.3 Å². The third-order valence-corrected chi connectivity index (χ3v) is 13.5. The van der Waals surface area contributed by atoms with Crippen LogP contribution in [-0.4, -0.2) is 15.0 Å². The molecule has 65 heavy (non-hydrogen) atoms. The molecule has 0 aliphatic heterocycles. The molecule has 2 heterocycles. The molecular formula is C62H39N3. The van der Waals surface area contributed by atoms with Crippen molar-refractivity contribution in [3.63, 3.8) is 0 Å². The van der Waals surface area contributed by atoms with Crippen molar-refractivity contribution in [1.82, 2.24) is 15.0 Å². The van der Waals surface area contributed by atoms with Crippen LogP contribution >= 0.6 is 0 Å². The largest absolute Gasteiger partial charge is 0.247 e. The average Bonchev–Trinajstić information content (AvgIpc) is 3.86. The lowest BCUT2D eigenvalue weighted by Crippen LogP contribution is -2.26. The van der Waals surface area contributed by atoms with E-state index in [-0.39, 0.29) is 0 Å². The summed E-state index contributed by atoms with van der Waals surface area (Å²) < 4.78 is 0. The van der Waals surface area contributed by atoms with Gasteiger partial charge in [-0.25, -0.2) is 15.0 Å². The van der Waals surface area contributed by atoms with E-state index in [1.54, 1.807) is 0 Å². The highest BCUT2D eigenvalue weighted by Crippen LogP contribution is 2.64. The van der Waals surface area contributed by atoms with Crippen LogP contribution in [0.15, 0.2) is 237 Å². The fraction of sp³-hybridized carbons (Fsp3) is 0.0161. The van der Waals surface area contributed by atoms with Crippen LogP contribution in [0.2, 0.25) is 0 Å². The Bertz CT molecular complexity index is 3550. The monoisotopic (exact) mass is 825 g/mol. The van der Waals surface area contributed by atoms with Gasteiger partial charge in [0.1, 0.15) is 0 Å². The number of aromatic nitrogens is 3. The number of pyridine rings is 1. The molecule has 0 saturated carbocycles. The van der Waals surface area contributed by atoms with E-state index >= 15 is 0 Å². The van der Waals surface area contributed by atoms with Crippen molar-refractivity contribution in [3.8, 4) is 89.8 Å². The molecule has 3 nitrogen and oxygen atoms in total. The molecular weight excluding hydrogens is 787 g/mol. The maximum absolute atomic E-state index is 5.68. The van der Waals surface area contributed by atoms with Crippen molar-refractivity contribution in [3.05, 3.63) is 259 Å². The Morgan fingerprint density at radius 2 is 0.692 bits per heavy atom. The van der Waals surface area contributed by atoms with Crippen molar-refractivity contribution in [2.24, 2.45) is 0 Å². The number of hydrogen-bond donors (Lipinski definition) is 0. The molecule has 0 unspecified atom stereocenters. The zero-order chi connectivity index (χ0) is 42.9. The van der Waals surface area contributed by atoms with Crippen molar-refractivity contribution in [2.45, 2.75) is 5.41 Å². The topological polar surface area (TPSA) is 38.7 Å². The molecule has 0 fully saturated rings. The quantitative estimate of drug-likeness (QED) is 0.168. The van der Waals surface area contributed by atoms with Crippen LogP contribution in [-0.2, 0) is 5.41 Å². The van der Waals surface area contributed by atoms with Crippen LogP contribution in [0, 0.1) is 0 Å². The number of benzene rings is 9. The van der Waals surface area contributed by atoms with E-state index in [4.69, 9.17) is 15.0 Å². The van der Waals surface area contributed by atoms with Gasteiger partial charge in [0.25, 0.3) is 0 Å². The second-order valence-corrected chi connectivity index (χ2v) is 17.0. The number of fused-ring (bicyclic) bond motifs is 12. The van der Waals surface area contributed by atoms with Gasteiger partial charge in [-0.3, -0.25) is 0 Å². The number of hydrogen-bond acceptors (Lipinski definition) is 3. The molecule has 302 valence electrons. The average molecular weight is 826 g/mol. The molecule has 11 aromatic rings. The molecule has 2 aliphatic rings. The molecule has 2 aliphatic carbocycles. The van der Waals surface area contributed by atoms with Gasteiger partial charge in [0.15, 0.2) is 5.82 Å². The summed E-state index contributed by atoms with van der Waals surface area (Å²) in [5, 5.41) is 2.40. The van der Waals surface area contributed by atoms with Gasteiger partial charge in [-0.2, -0.15) is 0 Å². The van der Waals surface area contributed by atoms with Crippen molar-refractivity contribution >= 4 is 10.8 Å². The zero-order valence-electron chi connectivity index (χ0n) is 35.4. The van der Waals surface area contributed by atoms with Gasteiger partial charge in [0, 0.05) is 38.8 Å². The molecule has 9 aromatic carbocycles. The Labute approximate surface area is 378 Å². The number of nitrogens with zero attached hydrogens (tertiary/aromatic N) is 3. The van der Waals surface area contributed by atoms with E-state index in [1.807, 2.05) is 12.1 Å². The molecule has 0 radical (unpaired) electrons. The summed E-state index contributed by atoms with van der Waals surface area (Å²) in [6.45, 7) is 0. The highest BCUT2D eigenvalue weighted by Gasteiger charge is 2.53. The Morgan fingerprint density at radius 1 is 0.262 bits per heavy atom. The Morgan fingerprint density at radius 3 is 1.29 bits per heavy atom. The third-order valence-electron chi connectivity index (χ3n) is 13.5. The van der Waals surface area contributed by atoms with Crippen molar-refractivity contribution < 1.29 is 0 Å². The predicted molar refractivity (Wildman–Crippen MR) is 266 cm³/mol. The lowest BCUT2D eigenvalue weighted by atomic mass is 9.69. The summed E-state index contributed by atoms with van der Waals surface area (Å²) in [4.78, 5) is 15.9. The molecule has 13 rings (SSSR count). The summed E-state index contributed by atoms with van der Waals surface area (Å²) in [5.41, 5.74) is 21.1. The number of rotatable bonds is 6. The minimum atomic E-state index is -0.455. The molecule has 0 atom stereocenters. The summed E-state index contributed by atoms with van der Waals surface area (Å²) in [7, 11) is 0. The minimum Gasteiger partial charge on any atom is -0.247 e. The Balaban J connectivity index is 0.882. The molecule has 3 heteroatoms. The molecule has 1 spiro atoms. The molecule has 2 aromatic heterocycles. The normalized spacial score (nSPS) is 12.7. The standard InChI is InChI=1S/C62H39N3/c1-3-17-41(18-4-1)56-39-57(42-19-5-2-6-20-42)64-61(63-56)47-24-16-23-46(38-47)45-22-15-21-44(37-45)40-33-35-43(36-34-40)59-51-28-8-7-27-50(51)58-60(65-59)52-29-11-14-32-55(52)62(58)53-30-12-9-25-48(53)49-26-10-13-31-54(49)62/h1-39H. The van der Waals surface area contributed by atoms with Gasteiger partial charge < -0.3 is 0 Å². The molecule has 0 bridgehead atoms. The van der Waals surface area contributed by atoms with Crippen LogP contribution in [0.25, 0.3) is 101 Å². The summed E-state index contributed by atoms with van der Waals surface area (Å²) >= 11 is 0. The van der Waals surface area contributed by atoms with Gasteiger partial charge >= 0.3 is 0 Å². The Hall–Kier alpha value is -8.53. The predicted octanol–water partition coefficient (Wildman–Crippen LogP) is 15.4. The van der Waals surface area contributed by atoms with Crippen molar-refractivity contribution in [2.75, 3.05) is 0 Å². The second-order valence-electron chi connectivity index (χ2n) is 17.0. The van der Waals surface area contributed by atoms with Gasteiger partial charge in [-0.1, -0.05) is 218 Å². The molecule has 0 saturated heterocycles. The first kappa shape index (κ1) is 37.1. The lowest BCUT2D eigenvalue weighted by Gasteiger charge is -2.31. The Kier molecular flexibility index (Phi) is 8.44. The highest BCUT2D eigenvalue weighted by molar-refractivity contribution is 6.06. The van der Waals surface area contributed by atoms with Crippen LogP contribution < -0.4 is 0 Å². The summed E-state index contributed by atoms with van der Waals surface area (Å²) in [6, 6.07) is 84.8. The first-order valence-electron chi connectivity index (χ1n) is 22.3. The SMILES string of the molecule is c1ccc(-c2cc(-c3ccccc3)nc(-c3cccc(-c4cccc(-c5ccc(-c6nc7c(c8ccccc68)C6(c8ccccc8-c8ccccc86)c6ccccc6-7)cc5)c4)c3)n2)cc1. The first-order valence-corrected chi connectivity index (χ1v) is 22.3. The van der Waals surface area contributed by atoms with Crippen LogP contribution in [0.4, 0.5) is 0 Å². The van der Waals surface area contributed by atoms with Gasteiger partial charge in [-0.05, 0) is 73.7 Å². The zero-order valence-corrected chi connectivity index (χ0v) is 35.4. The maximum atomic E-state index is 5.68. The summed E-state index contributed by atoms with van der Waals surface area (Å²) in [6.07, 6.45) is 0. The second kappa shape index (κ2) is 14.8. The van der Waals surface area contributed by atoms with Gasteiger partial charge in [0.2, 0.25) is 0 Å². The lowest BCUT2D eigenvalue weighted by molar-refractivity contribution is 0.799. The van der Waals surface area contributed by atoms with E-state index in [0.29, 0.717) is 5.82 Å². The highest BCUT2D eigenvalue weighted by atomic mass is 14.9. The van der Waals surface area contributed by atoms with E-state index in [9.17, 15) is 0 Å². The van der Waals surface area contributed by atoms with Gasteiger partial charge in [-0.15, -0.1) is 0 Å². The third kappa shape index (κ3) is 5.79. The van der Waals surface area contributed by atoms with Crippen LogP contribution in [0.3, 0.4) is 0 Å². The maximum Gasteiger partial charge on any atom is 0.160 e. The molecule has 0 amide bonds. The smallest absolute Gasteiger partial charge is 0.160 e. The van der Waals surface area contributed by atoms with Crippen molar-refractivity contribution in [1.29, 1.82) is 0 Å². The van der Waals surface area contributed by atoms with E-state index in [2.05, 4.69) is 224 Å². The molecule has 0 N–H and O–H groups in total. The van der Waals surface area contributed by atoms with E-state index in [1.165, 1.54) is 44.3 Å². The first-order chi connectivity index (χ1) is 32.2. The van der Waals surface area contributed by atoms with Crippen LogP contribution in [0.5, 0.6) is 0 Å². The van der Waals surface area contributed by atoms with E-state index < -0.39 is 5.41 Å². The summed E-state index contributed by atoms with van der Waals surface area (Å²) in [5.74, 6) is 0.697. The fourth-order valence-electron chi connectivity index (χ4n) is 10.6. The van der Waals surface area contributed by atoms with Gasteiger partial charge in [0.05, 0.1) is 28.2 Å². The van der Waals surface area contributed by atoms with E-state index in [0.717, 1.165) is 72.7 Å².